The van der Waals surface area contributed by atoms with Gasteiger partial charge in [0.1, 0.15) is 0 Å². The summed E-state index contributed by atoms with van der Waals surface area (Å²) >= 11 is 1.36. The van der Waals surface area contributed by atoms with Crippen LogP contribution in [-0.4, -0.2) is 37.7 Å². The van der Waals surface area contributed by atoms with Gasteiger partial charge in [-0.15, -0.1) is 16.8 Å². The zero-order valence-electron chi connectivity index (χ0n) is 16.4. The molecule has 1 aliphatic rings. The average Bonchev–Trinajstić information content (AvgIpc) is 3.39. The normalized spacial score (nSPS) is 13.1. The Morgan fingerprint density at radius 1 is 1.27 bits per heavy atom. The van der Waals surface area contributed by atoms with E-state index in [2.05, 4.69) is 27.1 Å². The van der Waals surface area contributed by atoms with Gasteiger partial charge in [-0.2, -0.15) is 0 Å². The summed E-state index contributed by atoms with van der Waals surface area (Å²) in [4.78, 5) is 16.7. The number of hydrogen-bond donors (Lipinski definition) is 1. The summed E-state index contributed by atoms with van der Waals surface area (Å²) in [5.74, 6) is 2.05. The van der Waals surface area contributed by atoms with Crippen LogP contribution in [-0.2, 0) is 17.9 Å². The van der Waals surface area contributed by atoms with Gasteiger partial charge in [0.2, 0.25) is 12.7 Å². The van der Waals surface area contributed by atoms with Gasteiger partial charge < -0.3 is 14.8 Å². The third-order valence-corrected chi connectivity index (χ3v) is 5.60. The van der Waals surface area contributed by atoms with E-state index in [-0.39, 0.29) is 18.0 Å². The van der Waals surface area contributed by atoms with E-state index in [0.29, 0.717) is 29.8 Å². The van der Waals surface area contributed by atoms with Crippen molar-refractivity contribution in [2.45, 2.75) is 30.4 Å². The first-order chi connectivity index (χ1) is 14.7. The first-order valence-corrected chi connectivity index (χ1v) is 10.3. The third kappa shape index (κ3) is 4.30. The van der Waals surface area contributed by atoms with Gasteiger partial charge in [-0.25, -0.2) is 0 Å². The van der Waals surface area contributed by atoms with Crippen molar-refractivity contribution in [3.8, 4) is 22.9 Å². The molecule has 0 spiro atoms. The molecule has 4 rings (SSSR count). The van der Waals surface area contributed by atoms with Crippen LogP contribution in [0.5, 0.6) is 11.5 Å². The first kappa shape index (κ1) is 20.0. The maximum Gasteiger partial charge on any atom is 0.233 e. The number of carbonyl (C=O) groups excluding carboxylic acids is 1. The smallest absolute Gasteiger partial charge is 0.233 e. The van der Waals surface area contributed by atoms with Crippen LogP contribution in [0.4, 0.5) is 0 Å². The van der Waals surface area contributed by atoms with Gasteiger partial charge in [0, 0.05) is 31.0 Å². The van der Waals surface area contributed by atoms with Crippen molar-refractivity contribution in [3.63, 3.8) is 0 Å². The summed E-state index contributed by atoms with van der Waals surface area (Å²) in [6.45, 7) is 6.84. The molecule has 3 heterocycles. The van der Waals surface area contributed by atoms with Crippen molar-refractivity contribution in [2.24, 2.45) is 0 Å². The highest BCUT2D eigenvalue weighted by molar-refractivity contribution is 8.00. The van der Waals surface area contributed by atoms with Gasteiger partial charge in [0.05, 0.1) is 5.25 Å². The Bertz CT molecular complexity index is 1050. The molecule has 1 unspecified atom stereocenters. The quantitative estimate of drug-likeness (QED) is 0.440. The van der Waals surface area contributed by atoms with Crippen LogP contribution in [0.15, 0.2) is 60.5 Å². The van der Waals surface area contributed by atoms with Gasteiger partial charge >= 0.3 is 0 Å². The minimum atomic E-state index is -0.350. The van der Waals surface area contributed by atoms with Gasteiger partial charge in [0.15, 0.2) is 22.5 Å². The lowest BCUT2D eigenvalue weighted by molar-refractivity contribution is -0.120. The number of benzene rings is 1. The minimum Gasteiger partial charge on any atom is -0.454 e. The number of carbonyl (C=O) groups is 1. The number of amides is 1. The molecule has 154 valence electrons. The molecule has 8 nitrogen and oxygen atoms in total. The fraction of sp³-hybridized carbons (Fsp3) is 0.238. The standard InChI is InChI=1S/C21H21N5O3S/c1-3-10-26-19(16-6-8-22-9-7-16)24-25-21(26)30-14(2)20(27)23-12-15-4-5-17-18(11-15)29-13-28-17/h3-9,11,14H,1,10,12-13H2,2H3,(H,23,27). The number of rotatable bonds is 8. The van der Waals surface area contributed by atoms with Gasteiger partial charge in [-0.1, -0.05) is 23.9 Å². The molecule has 1 atom stereocenters. The number of pyridine rings is 1. The molecule has 30 heavy (non-hydrogen) atoms. The molecule has 2 aromatic heterocycles. The molecule has 0 radical (unpaired) electrons. The zero-order valence-corrected chi connectivity index (χ0v) is 17.3. The summed E-state index contributed by atoms with van der Waals surface area (Å²) in [5.41, 5.74) is 1.85. The van der Waals surface area contributed by atoms with Crippen molar-refractivity contribution in [1.82, 2.24) is 25.1 Å². The second-order valence-corrected chi connectivity index (χ2v) is 7.91. The minimum absolute atomic E-state index is 0.0868. The molecule has 1 aromatic carbocycles. The molecular formula is C21H21N5O3S. The molecule has 9 heteroatoms. The molecule has 0 aliphatic carbocycles. The number of nitrogens with one attached hydrogen (secondary N) is 1. The summed E-state index contributed by atoms with van der Waals surface area (Å²) in [7, 11) is 0. The molecule has 3 aromatic rings. The highest BCUT2D eigenvalue weighted by Crippen LogP contribution is 2.32. The number of allylic oxidation sites excluding steroid dienone is 1. The van der Waals surface area contributed by atoms with E-state index in [1.54, 1.807) is 18.5 Å². The molecule has 0 bridgehead atoms. The lowest BCUT2D eigenvalue weighted by Gasteiger charge is -2.13. The Balaban J connectivity index is 1.41. The molecule has 1 amide bonds. The Morgan fingerprint density at radius 2 is 2.07 bits per heavy atom. The number of aromatic nitrogens is 4. The topological polar surface area (TPSA) is 91.2 Å². The largest absolute Gasteiger partial charge is 0.454 e. The Labute approximate surface area is 178 Å². The maximum absolute atomic E-state index is 12.6. The average molecular weight is 423 g/mol. The Hall–Kier alpha value is -3.33. The molecule has 1 N–H and O–H groups in total. The van der Waals surface area contributed by atoms with Crippen molar-refractivity contribution in [2.75, 3.05) is 6.79 Å². The van der Waals surface area contributed by atoms with E-state index in [1.807, 2.05) is 41.8 Å². The van der Waals surface area contributed by atoms with Crippen molar-refractivity contribution < 1.29 is 14.3 Å². The Morgan fingerprint density at radius 3 is 2.87 bits per heavy atom. The van der Waals surface area contributed by atoms with Crippen LogP contribution in [0, 0.1) is 0 Å². The number of thioether (sulfide) groups is 1. The number of nitrogens with zero attached hydrogens (tertiary/aromatic N) is 4. The number of ether oxygens (including phenoxy) is 2. The predicted octanol–water partition coefficient (Wildman–Crippen LogP) is 3.05. The van der Waals surface area contributed by atoms with E-state index in [4.69, 9.17) is 9.47 Å². The van der Waals surface area contributed by atoms with E-state index in [1.165, 1.54) is 11.8 Å². The molecule has 1 aliphatic heterocycles. The summed E-state index contributed by atoms with van der Waals surface area (Å²) in [5, 5.41) is 11.9. The van der Waals surface area contributed by atoms with Gasteiger partial charge in [0.25, 0.3) is 0 Å². The summed E-state index contributed by atoms with van der Waals surface area (Å²) in [6, 6.07) is 9.38. The number of fused-ring (bicyclic) bond motifs is 1. The fourth-order valence-electron chi connectivity index (χ4n) is 2.98. The van der Waals surface area contributed by atoms with Crippen molar-refractivity contribution in [1.29, 1.82) is 0 Å². The maximum atomic E-state index is 12.6. The van der Waals surface area contributed by atoms with Crippen LogP contribution in [0.25, 0.3) is 11.4 Å². The van der Waals surface area contributed by atoms with E-state index >= 15 is 0 Å². The highest BCUT2D eigenvalue weighted by Gasteiger charge is 2.21. The van der Waals surface area contributed by atoms with Crippen molar-refractivity contribution >= 4 is 17.7 Å². The second-order valence-electron chi connectivity index (χ2n) is 6.61. The predicted molar refractivity (Wildman–Crippen MR) is 113 cm³/mol. The van der Waals surface area contributed by atoms with Crippen LogP contribution in [0.3, 0.4) is 0 Å². The Kier molecular flexibility index (Phi) is 5.99. The third-order valence-electron chi connectivity index (χ3n) is 4.52. The molecule has 0 saturated heterocycles. The lowest BCUT2D eigenvalue weighted by Crippen LogP contribution is -2.30. The van der Waals surface area contributed by atoms with Gasteiger partial charge in [-0.3, -0.25) is 14.3 Å². The van der Waals surface area contributed by atoms with Crippen LogP contribution in [0.1, 0.15) is 12.5 Å². The molecular weight excluding hydrogens is 402 g/mol. The van der Waals surface area contributed by atoms with E-state index in [9.17, 15) is 4.79 Å². The van der Waals surface area contributed by atoms with E-state index < -0.39 is 0 Å². The van der Waals surface area contributed by atoms with Crippen molar-refractivity contribution in [3.05, 3.63) is 60.9 Å². The number of hydrogen-bond acceptors (Lipinski definition) is 7. The second kappa shape index (κ2) is 9.00. The fourth-order valence-corrected chi connectivity index (χ4v) is 3.86. The molecule has 0 fully saturated rings. The lowest BCUT2D eigenvalue weighted by atomic mass is 10.2. The highest BCUT2D eigenvalue weighted by atomic mass is 32.2. The monoisotopic (exact) mass is 423 g/mol. The van der Waals surface area contributed by atoms with E-state index in [0.717, 1.165) is 16.9 Å². The SMILES string of the molecule is C=CCn1c(SC(C)C(=O)NCc2ccc3c(c2)OCO3)nnc1-c1ccncc1. The summed E-state index contributed by atoms with van der Waals surface area (Å²) < 4.78 is 12.6. The summed E-state index contributed by atoms with van der Waals surface area (Å²) in [6.07, 6.45) is 5.20. The zero-order chi connectivity index (χ0) is 20.9. The van der Waals surface area contributed by atoms with Crippen LogP contribution in [0.2, 0.25) is 0 Å². The van der Waals surface area contributed by atoms with Crippen LogP contribution >= 0.6 is 11.8 Å². The van der Waals surface area contributed by atoms with Crippen LogP contribution < -0.4 is 14.8 Å². The molecule has 0 saturated carbocycles. The first-order valence-electron chi connectivity index (χ1n) is 9.43. The van der Waals surface area contributed by atoms with Gasteiger partial charge in [-0.05, 0) is 36.8 Å².